The van der Waals surface area contributed by atoms with Gasteiger partial charge < -0.3 is 9.67 Å². The summed E-state index contributed by atoms with van der Waals surface area (Å²) in [5.74, 6) is -0.975. The Labute approximate surface area is 102 Å². The SMILES string of the molecule is O=C(O)c1ccn(-c2cccc(Cl)c2Cl)c1. The standard InChI is InChI=1S/C11H7Cl2NO2/c12-8-2-1-3-9(10(8)13)14-5-4-7(6-14)11(15)16/h1-6H,(H,15,16). The largest absolute Gasteiger partial charge is 0.478 e. The minimum Gasteiger partial charge on any atom is -0.478 e. The van der Waals surface area contributed by atoms with Crippen LogP contribution in [0.3, 0.4) is 0 Å². The fraction of sp³-hybridized carbons (Fsp3) is 0. The van der Waals surface area contributed by atoms with E-state index >= 15 is 0 Å². The highest BCUT2D eigenvalue weighted by Gasteiger charge is 2.09. The molecule has 0 aliphatic rings. The van der Waals surface area contributed by atoms with Crippen molar-refractivity contribution in [2.75, 3.05) is 0 Å². The molecule has 2 aromatic rings. The minimum atomic E-state index is -0.975. The maximum atomic E-state index is 10.7. The molecule has 0 radical (unpaired) electrons. The van der Waals surface area contributed by atoms with Crippen molar-refractivity contribution in [3.05, 3.63) is 52.3 Å². The number of hydrogen-bond acceptors (Lipinski definition) is 1. The van der Waals surface area contributed by atoms with E-state index in [0.29, 0.717) is 15.7 Å². The molecule has 0 amide bonds. The number of halogens is 2. The smallest absolute Gasteiger partial charge is 0.337 e. The van der Waals surface area contributed by atoms with Crippen molar-refractivity contribution in [3.63, 3.8) is 0 Å². The van der Waals surface area contributed by atoms with Gasteiger partial charge in [-0.15, -0.1) is 0 Å². The quantitative estimate of drug-likeness (QED) is 0.893. The first-order valence-corrected chi connectivity index (χ1v) is 5.21. The predicted molar refractivity (Wildman–Crippen MR) is 62.7 cm³/mol. The van der Waals surface area contributed by atoms with E-state index in [0.717, 1.165) is 0 Å². The third kappa shape index (κ3) is 1.92. The number of rotatable bonds is 2. The normalized spacial score (nSPS) is 10.4. The molecule has 0 spiro atoms. The molecule has 82 valence electrons. The van der Waals surface area contributed by atoms with Crippen LogP contribution in [0.25, 0.3) is 5.69 Å². The second-order valence-electron chi connectivity index (χ2n) is 3.19. The third-order valence-electron chi connectivity index (χ3n) is 2.15. The molecule has 0 bridgehead atoms. The second kappa shape index (κ2) is 4.20. The molecule has 3 nitrogen and oxygen atoms in total. The molecule has 16 heavy (non-hydrogen) atoms. The van der Waals surface area contributed by atoms with Crippen LogP contribution in [0.15, 0.2) is 36.7 Å². The summed E-state index contributed by atoms with van der Waals surface area (Å²) in [6, 6.07) is 6.69. The Morgan fingerprint density at radius 2 is 2.00 bits per heavy atom. The van der Waals surface area contributed by atoms with E-state index in [1.54, 1.807) is 29.0 Å². The first-order chi connectivity index (χ1) is 7.59. The van der Waals surface area contributed by atoms with Crippen molar-refractivity contribution in [2.45, 2.75) is 0 Å². The monoisotopic (exact) mass is 255 g/mol. The van der Waals surface area contributed by atoms with Crippen molar-refractivity contribution in [3.8, 4) is 5.69 Å². The minimum absolute atomic E-state index is 0.205. The summed E-state index contributed by atoms with van der Waals surface area (Å²) in [7, 11) is 0. The van der Waals surface area contributed by atoms with E-state index in [4.69, 9.17) is 28.3 Å². The molecule has 1 N–H and O–H groups in total. The molecule has 0 saturated carbocycles. The summed E-state index contributed by atoms with van der Waals surface area (Å²) in [5.41, 5.74) is 0.859. The third-order valence-corrected chi connectivity index (χ3v) is 2.96. The van der Waals surface area contributed by atoms with Gasteiger partial charge in [0.25, 0.3) is 0 Å². The van der Waals surface area contributed by atoms with Gasteiger partial charge in [0.2, 0.25) is 0 Å². The number of carbonyl (C=O) groups is 1. The molecule has 1 aromatic heterocycles. The Kier molecular flexibility index (Phi) is 2.90. The average molecular weight is 256 g/mol. The van der Waals surface area contributed by atoms with E-state index in [2.05, 4.69) is 0 Å². The molecule has 1 aromatic carbocycles. The van der Waals surface area contributed by atoms with Gasteiger partial charge >= 0.3 is 5.97 Å². The van der Waals surface area contributed by atoms with E-state index in [1.165, 1.54) is 12.3 Å². The van der Waals surface area contributed by atoms with Crippen LogP contribution in [-0.2, 0) is 0 Å². The van der Waals surface area contributed by atoms with E-state index in [-0.39, 0.29) is 5.56 Å². The number of nitrogens with zero attached hydrogens (tertiary/aromatic N) is 1. The van der Waals surface area contributed by atoms with E-state index in [9.17, 15) is 4.79 Å². The first-order valence-electron chi connectivity index (χ1n) is 4.45. The Hall–Kier alpha value is -1.45. The van der Waals surface area contributed by atoms with E-state index in [1.807, 2.05) is 0 Å². The number of hydrogen-bond donors (Lipinski definition) is 1. The second-order valence-corrected chi connectivity index (χ2v) is 3.97. The molecular weight excluding hydrogens is 249 g/mol. The average Bonchev–Trinajstić information content (AvgIpc) is 2.71. The molecule has 2 rings (SSSR count). The van der Waals surface area contributed by atoms with Gasteiger partial charge in [0.15, 0.2) is 0 Å². The van der Waals surface area contributed by atoms with Gasteiger partial charge in [-0.05, 0) is 18.2 Å². The summed E-state index contributed by atoms with van der Waals surface area (Å²) < 4.78 is 1.62. The van der Waals surface area contributed by atoms with Crippen molar-refractivity contribution in [1.29, 1.82) is 0 Å². The molecule has 5 heteroatoms. The molecule has 0 saturated heterocycles. The number of carboxylic acids is 1. The van der Waals surface area contributed by atoms with Crippen LogP contribution >= 0.6 is 23.2 Å². The van der Waals surface area contributed by atoms with Crippen molar-refractivity contribution in [1.82, 2.24) is 4.57 Å². The van der Waals surface area contributed by atoms with Gasteiger partial charge in [-0.1, -0.05) is 29.3 Å². The Balaban J connectivity index is 2.50. The van der Waals surface area contributed by atoms with Crippen LogP contribution in [0, 0.1) is 0 Å². The number of aromatic nitrogens is 1. The zero-order chi connectivity index (χ0) is 11.7. The van der Waals surface area contributed by atoms with Crippen LogP contribution in [-0.4, -0.2) is 15.6 Å². The number of carboxylic acid groups (broad SMARTS) is 1. The lowest BCUT2D eigenvalue weighted by Gasteiger charge is -2.06. The van der Waals surface area contributed by atoms with Crippen LogP contribution in [0.5, 0.6) is 0 Å². The highest BCUT2D eigenvalue weighted by Crippen LogP contribution is 2.28. The Bertz CT molecular complexity index is 549. The van der Waals surface area contributed by atoms with Crippen LogP contribution in [0.2, 0.25) is 10.0 Å². The van der Waals surface area contributed by atoms with Gasteiger partial charge in [-0.25, -0.2) is 4.79 Å². The Morgan fingerprint density at radius 1 is 1.25 bits per heavy atom. The fourth-order valence-corrected chi connectivity index (χ4v) is 1.76. The summed E-state index contributed by atoms with van der Waals surface area (Å²) in [4.78, 5) is 10.7. The van der Waals surface area contributed by atoms with Gasteiger partial charge in [0, 0.05) is 12.4 Å². The van der Waals surface area contributed by atoms with Crippen molar-refractivity contribution < 1.29 is 9.90 Å². The van der Waals surface area contributed by atoms with Gasteiger partial charge in [0.05, 0.1) is 21.3 Å². The lowest BCUT2D eigenvalue weighted by atomic mass is 10.3. The molecule has 0 fully saturated rings. The highest BCUT2D eigenvalue weighted by molar-refractivity contribution is 6.43. The predicted octanol–water partition coefficient (Wildman–Crippen LogP) is 3.48. The molecule has 0 atom stereocenters. The summed E-state index contributed by atoms with van der Waals surface area (Å²) in [6.07, 6.45) is 3.11. The lowest BCUT2D eigenvalue weighted by molar-refractivity contribution is 0.0697. The maximum absolute atomic E-state index is 10.7. The topological polar surface area (TPSA) is 42.2 Å². The lowest BCUT2D eigenvalue weighted by Crippen LogP contribution is -1.95. The van der Waals surface area contributed by atoms with Gasteiger partial charge in [-0.2, -0.15) is 0 Å². The van der Waals surface area contributed by atoms with Crippen LogP contribution in [0.4, 0.5) is 0 Å². The molecule has 0 aliphatic heterocycles. The zero-order valence-electron chi connectivity index (χ0n) is 8.02. The van der Waals surface area contributed by atoms with Gasteiger partial charge in [0.1, 0.15) is 0 Å². The van der Waals surface area contributed by atoms with Gasteiger partial charge in [-0.3, -0.25) is 0 Å². The maximum Gasteiger partial charge on any atom is 0.337 e. The van der Waals surface area contributed by atoms with Crippen molar-refractivity contribution >= 4 is 29.2 Å². The molecular formula is C11H7Cl2NO2. The van der Waals surface area contributed by atoms with E-state index < -0.39 is 5.97 Å². The Morgan fingerprint density at radius 3 is 2.62 bits per heavy atom. The van der Waals surface area contributed by atoms with Crippen LogP contribution < -0.4 is 0 Å². The fourth-order valence-electron chi connectivity index (χ4n) is 1.36. The summed E-state index contributed by atoms with van der Waals surface area (Å²) in [6.45, 7) is 0. The summed E-state index contributed by atoms with van der Waals surface area (Å²) in [5, 5.41) is 9.63. The zero-order valence-corrected chi connectivity index (χ0v) is 9.53. The van der Waals surface area contributed by atoms with Crippen molar-refractivity contribution in [2.24, 2.45) is 0 Å². The first kappa shape index (κ1) is 11.0. The highest BCUT2D eigenvalue weighted by atomic mass is 35.5. The van der Waals surface area contributed by atoms with Crippen LogP contribution in [0.1, 0.15) is 10.4 Å². The number of aromatic carboxylic acids is 1. The number of benzene rings is 1. The summed E-state index contributed by atoms with van der Waals surface area (Å²) >= 11 is 11.9. The molecule has 0 unspecified atom stereocenters. The molecule has 0 aliphatic carbocycles. The molecule has 1 heterocycles.